The molecule has 0 unspecified atom stereocenters. The van der Waals surface area contributed by atoms with Crippen molar-refractivity contribution in [2.75, 3.05) is 20.2 Å². The van der Waals surface area contributed by atoms with Gasteiger partial charge in [-0.25, -0.2) is 0 Å². The summed E-state index contributed by atoms with van der Waals surface area (Å²) in [6, 6.07) is 0. The molecule has 0 spiro atoms. The standard InChI is InChI=1S/C14H26N2O/c1-12-6-8-14(17-2,9-7-12)13(15)16-10-4-3-5-11-16/h12,15H,3-11H2,1-2H3. The fourth-order valence-electron chi connectivity index (χ4n) is 3.17. The van der Waals surface area contributed by atoms with Crippen LogP contribution in [0.5, 0.6) is 0 Å². The van der Waals surface area contributed by atoms with Crippen LogP contribution in [0.2, 0.25) is 0 Å². The highest BCUT2D eigenvalue weighted by Gasteiger charge is 2.40. The highest BCUT2D eigenvalue weighted by Crippen LogP contribution is 2.36. The van der Waals surface area contributed by atoms with Crippen molar-refractivity contribution in [2.45, 2.75) is 57.5 Å². The van der Waals surface area contributed by atoms with Gasteiger partial charge in [-0.3, -0.25) is 5.41 Å². The SMILES string of the molecule is COC1(C(=N)N2CCCCC2)CCC(C)CC1. The third kappa shape index (κ3) is 2.65. The molecule has 2 rings (SSSR count). The van der Waals surface area contributed by atoms with Crippen LogP contribution in [0.1, 0.15) is 51.9 Å². The lowest BCUT2D eigenvalue weighted by Crippen LogP contribution is -2.52. The van der Waals surface area contributed by atoms with Gasteiger partial charge in [0.25, 0.3) is 0 Å². The predicted molar refractivity (Wildman–Crippen MR) is 70.5 cm³/mol. The van der Waals surface area contributed by atoms with Gasteiger partial charge in [0.1, 0.15) is 11.4 Å². The number of rotatable bonds is 2. The Balaban J connectivity index is 2.03. The number of amidine groups is 1. The average molecular weight is 238 g/mol. The summed E-state index contributed by atoms with van der Waals surface area (Å²) < 4.78 is 5.78. The minimum Gasteiger partial charge on any atom is -0.370 e. The van der Waals surface area contributed by atoms with Gasteiger partial charge in [0.15, 0.2) is 0 Å². The lowest BCUT2D eigenvalue weighted by molar-refractivity contribution is -0.00217. The second kappa shape index (κ2) is 5.38. The minimum absolute atomic E-state index is 0.274. The minimum atomic E-state index is -0.274. The molecule has 2 aliphatic rings. The first kappa shape index (κ1) is 12.9. The molecular formula is C14H26N2O. The first-order chi connectivity index (χ1) is 8.18. The molecule has 17 heavy (non-hydrogen) atoms. The molecule has 0 radical (unpaired) electrons. The number of hydrogen-bond donors (Lipinski definition) is 1. The molecule has 0 bridgehead atoms. The third-order valence-electron chi connectivity index (χ3n) is 4.58. The van der Waals surface area contributed by atoms with E-state index < -0.39 is 0 Å². The van der Waals surface area contributed by atoms with Crippen LogP contribution in [0, 0.1) is 11.3 Å². The molecule has 0 aromatic heterocycles. The molecule has 1 saturated heterocycles. The number of methoxy groups -OCH3 is 1. The zero-order chi connectivity index (χ0) is 12.3. The Morgan fingerprint density at radius 1 is 1.18 bits per heavy atom. The van der Waals surface area contributed by atoms with E-state index in [1.165, 1.54) is 32.1 Å². The summed E-state index contributed by atoms with van der Waals surface area (Å²) in [4.78, 5) is 2.25. The van der Waals surface area contributed by atoms with Crippen LogP contribution >= 0.6 is 0 Å². The van der Waals surface area contributed by atoms with Gasteiger partial charge in [-0.05, 0) is 50.9 Å². The number of piperidine rings is 1. The largest absolute Gasteiger partial charge is 0.370 e. The van der Waals surface area contributed by atoms with Crippen molar-refractivity contribution in [3.8, 4) is 0 Å². The van der Waals surface area contributed by atoms with Crippen molar-refractivity contribution < 1.29 is 4.74 Å². The summed E-state index contributed by atoms with van der Waals surface area (Å²) in [6.07, 6.45) is 8.24. The molecule has 2 fully saturated rings. The van der Waals surface area contributed by atoms with Gasteiger partial charge >= 0.3 is 0 Å². The lowest BCUT2D eigenvalue weighted by Gasteiger charge is -2.43. The molecular weight excluding hydrogens is 212 g/mol. The van der Waals surface area contributed by atoms with Crippen molar-refractivity contribution in [3.63, 3.8) is 0 Å². The Kier molecular flexibility index (Phi) is 4.08. The summed E-state index contributed by atoms with van der Waals surface area (Å²) in [7, 11) is 1.79. The fraction of sp³-hybridized carbons (Fsp3) is 0.929. The molecule has 98 valence electrons. The van der Waals surface area contributed by atoms with E-state index in [-0.39, 0.29) is 5.60 Å². The fourth-order valence-corrected chi connectivity index (χ4v) is 3.17. The number of hydrogen-bond acceptors (Lipinski definition) is 2. The van der Waals surface area contributed by atoms with Crippen LogP contribution in [0.15, 0.2) is 0 Å². The quantitative estimate of drug-likeness (QED) is 0.593. The highest BCUT2D eigenvalue weighted by atomic mass is 16.5. The maximum atomic E-state index is 8.49. The van der Waals surface area contributed by atoms with Crippen LogP contribution in [-0.4, -0.2) is 36.5 Å². The molecule has 1 N–H and O–H groups in total. The van der Waals surface area contributed by atoms with Crippen molar-refractivity contribution in [1.29, 1.82) is 5.41 Å². The van der Waals surface area contributed by atoms with E-state index in [4.69, 9.17) is 10.1 Å². The van der Waals surface area contributed by atoms with E-state index in [0.717, 1.165) is 37.7 Å². The average Bonchev–Trinajstić information content (AvgIpc) is 2.40. The highest BCUT2D eigenvalue weighted by molar-refractivity contribution is 5.88. The van der Waals surface area contributed by atoms with Crippen molar-refractivity contribution in [1.82, 2.24) is 4.90 Å². The maximum absolute atomic E-state index is 8.49. The summed E-state index contributed by atoms with van der Waals surface area (Å²) in [5, 5.41) is 8.49. The number of ether oxygens (including phenoxy) is 1. The normalized spacial score (nSPS) is 34.7. The molecule has 3 heteroatoms. The van der Waals surface area contributed by atoms with Crippen molar-refractivity contribution in [2.24, 2.45) is 5.92 Å². The van der Waals surface area contributed by atoms with E-state index in [1.807, 2.05) is 0 Å². The molecule has 1 heterocycles. The van der Waals surface area contributed by atoms with E-state index in [2.05, 4.69) is 11.8 Å². The van der Waals surface area contributed by atoms with Gasteiger partial charge in [0, 0.05) is 20.2 Å². The van der Waals surface area contributed by atoms with E-state index in [0.29, 0.717) is 0 Å². The smallest absolute Gasteiger partial charge is 0.129 e. The monoisotopic (exact) mass is 238 g/mol. The van der Waals surface area contributed by atoms with Gasteiger partial charge < -0.3 is 9.64 Å². The Morgan fingerprint density at radius 3 is 2.29 bits per heavy atom. The summed E-state index contributed by atoms with van der Waals surface area (Å²) in [6.45, 7) is 4.42. The number of likely N-dealkylation sites (tertiary alicyclic amines) is 1. The van der Waals surface area contributed by atoms with Gasteiger partial charge in [0.2, 0.25) is 0 Å². The Bertz CT molecular complexity index is 263. The van der Waals surface area contributed by atoms with E-state index >= 15 is 0 Å². The topological polar surface area (TPSA) is 36.3 Å². The second-order valence-electron chi connectivity index (χ2n) is 5.78. The van der Waals surface area contributed by atoms with Crippen LogP contribution < -0.4 is 0 Å². The maximum Gasteiger partial charge on any atom is 0.129 e. The molecule has 3 nitrogen and oxygen atoms in total. The molecule has 1 aliphatic carbocycles. The Morgan fingerprint density at radius 2 is 1.76 bits per heavy atom. The first-order valence-corrected chi connectivity index (χ1v) is 7.07. The summed E-state index contributed by atoms with van der Waals surface area (Å²) in [5.41, 5.74) is -0.274. The number of nitrogens with zero attached hydrogens (tertiary/aromatic N) is 1. The van der Waals surface area contributed by atoms with Crippen molar-refractivity contribution in [3.05, 3.63) is 0 Å². The van der Waals surface area contributed by atoms with Gasteiger partial charge in [0.05, 0.1) is 0 Å². The van der Waals surface area contributed by atoms with Crippen LogP contribution in [0.3, 0.4) is 0 Å². The Hall–Kier alpha value is -0.570. The Labute approximate surface area is 105 Å². The second-order valence-corrected chi connectivity index (χ2v) is 5.78. The molecule has 0 amide bonds. The zero-order valence-electron chi connectivity index (χ0n) is 11.3. The molecule has 1 aliphatic heterocycles. The van der Waals surface area contributed by atoms with Crippen LogP contribution in [-0.2, 0) is 4.74 Å². The summed E-state index contributed by atoms with van der Waals surface area (Å²) in [5.74, 6) is 1.55. The van der Waals surface area contributed by atoms with Gasteiger partial charge in [-0.15, -0.1) is 0 Å². The van der Waals surface area contributed by atoms with E-state index in [1.54, 1.807) is 7.11 Å². The molecule has 1 saturated carbocycles. The molecule has 0 atom stereocenters. The van der Waals surface area contributed by atoms with Gasteiger partial charge in [-0.1, -0.05) is 6.92 Å². The lowest BCUT2D eigenvalue weighted by atomic mass is 9.78. The summed E-state index contributed by atoms with van der Waals surface area (Å²) >= 11 is 0. The zero-order valence-corrected chi connectivity index (χ0v) is 11.3. The number of nitrogens with one attached hydrogen (secondary N) is 1. The first-order valence-electron chi connectivity index (χ1n) is 7.07. The van der Waals surface area contributed by atoms with Crippen molar-refractivity contribution >= 4 is 5.84 Å². The van der Waals surface area contributed by atoms with E-state index in [9.17, 15) is 0 Å². The third-order valence-corrected chi connectivity index (χ3v) is 4.58. The van der Waals surface area contributed by atoms with Crippen LogP contribution in [0.25, 0.3) is 0 Å². The molecule has 0 aromatic rings. The predicted octanol–water partition coefficient (Wildman–Crippen LogP) is 3.04. The van der Waals surface area contributed by atoms with Gasteiger partial charge in [-0.2, -0.15) is 0 Å². The van der Waals surface area contributed by atoms with Crippen LogP contribution in [0.4, 0.5) is 0 Å². The molecule has 0 aromatic carbocycles.